The minimum atomic E-state index is -0.152. The van der Waals surface area contributed by atoms with E-state index in [2.05, 4.69) is 37.3 Å². The topological polar surface area (TPSA) is 0 Å². The Hall–Kier alpha value is -1.63. The predicted octanol–water partition coefficient (Wildman–Crippen LogP) is 4.66. The summed E-state index contributed by atoms with van der Waals surface area (Å²) in [5.41, 5.74) is 2.96. The Labute approximate surface area is 107 Å². The van der Waals surface area contributed by atoms with Gasteiger partial charge in [0.15, 0.2) is 0 Å². The van der Waals surface area contributed by atoms with Crippen molar-refractivity contribution in [3.05, 3.63) is 71.5 Å². The highest BCUT2D eigenvalue weighted by atomic mass is 19.1. The molecule has 2 unspecified atom stereocenters. The average molecular weight is 240 g/mol. The summed E-state index contributed by atoms with van der Waals surface area (Å²) in [4.78, 5) is 0. The van der Waals surface area contributed by atoms with Gasteiger partial charge in [-0.25, -0.2) is 4.39 Å². The summed E-state index contributed by atoms with van der Waals surface area (Å²) >= 11 is 0. The fourth-order valence-corrected chi connectivity index (χ4v) is 3.12. The van der Waals surface area contributed by atoms with E-state index < -0.39 is 0 Å². The van der Waals surface area contributed by atoms with Gasteiger partial charge in [0.25, 0.3) is 0 Å². The normalized spacial score (nSPS) is 26.0. The number of hydrogen-bond acceptors (Lipinski definition) is 0. The van der Waals surface area contributed by atoms with Crippen molar-refractivity contribution >= 4 is 0 Å². The van der Waals surface area contributed by atoms with Gasteiger partial charge in [-0.2, -0.15) is 0 Å². The van der Waals surface area contributed by atoms with Crippen LogP contribution in [0.15, 0.2) is 54.6 Å². The van der Waals surface area contributed by atoms with E-state index in [1.54, 1.807) is 12.1 Å². The lowest BCUT2D eigenvalue weighted by molar-refractivity contribution is 0.622. The molecule has 0 heterocycles. The van der Waals surface area contributed by atoms with Crippen molar-refractivity contribution in [2.75, 3.05) is 0 Å². The summed E-state index contributed by atoms with van der Waals surface area (Å²) in [7, 11) is 0. The van der Waals surface area contributed by atoms with Crippen LogP contribution >= 0.6 is 0 Å². The lowest BCUT2D eigenvalue weighted by atomic mass is 9.88. The SMILES string of the molecule is CCC1(c2ccccc2)CC1c1ccc(F)cc1. The Morgan fingerprint density at radius 2 is 1.72 bits per heavy atom. The molecule has 1 heteroatoms. The number of halogens is 1. The van der Waals surface area contributed by atoms with Crippen LogP contribution in [-0.2, 0) is 5.41 Å². The van der Waals surface area contributed by atoms with E-state index in [9.17, 15) is 4.39 Å². The highest BCUT2D eigenvalue weighted by Gasteiger charge is 2.54. The Morgan fingerprint density at radius 1 is 1.06 bits per heavy atom. The summed E-state index contributed by atoms with van der Waals surface area (Å²) < 4.78 is 13.0. The monoisotopic (exact) mass is 240 g/mol. The van der Waals surface area contributed by atoms with Crippen molar-refractivity contribution in [3.8, 4) is 0 Å². The number of benzene rings is 2. The fourth-order valence-electron chi connectivity index (χ4n) is 3.12. The third-order valence-electron chi connectivity index (χ3n) is 4.33. The first-order chi connectivity index (χ1) is 8.76. The van der Waals surface area contributed by atoms with Gasteiger partial charge >= 0.3 is 0 Å². The fraction of sp³-hybridized carbons (Fsp3) is 0.294. The van der Waals surface area contributed by atoms with Crippen LogP contribution in [0, 0.1) is 5.82 Å². The van der Waals surface area contributed by atoms with E-state index in [0.717, 1.165) is 6.42 Å². The van der Waals surface area contributed by atoms with E-state index in [0.29, 0.717) is 5.92 Å². The zero-order chi connectivity index (χ0) is 12.6. The Morgan fingerprint density at radius 3 is 2.33 bits per heavy atom. The first-order valence-corrected chi connectivity index (χ1v) is 6.57. The average Bonchev–Trinajstić information content (AvgIpc) is 3.17. The summed E-state index contributed by atoms with van der Waals surface area (Å²) in [5.74, 6) is 0.395. The maximum absolute atomic E-state index is 13.0. The zero-order valence-electron chi connectivity index (χ0n) is 10.6. The third kappa shape index (κ3) is 1.74. The standard InChI is InChI=1S/C17H17F/c1-2-17(14-6-4-3-5-7-14)12-16(17)13-8-10-15(18)11-9-13/h3-11,16H,2,12H2,1H3. The summed E-state index contributed by atoms with van der Waals surface area (Å²) in [6, 6.07) is 17.7. The van der Waals surface area contributed by atoms with Crippen LogP contribution in [0.3, 0.4) is 0 Å². The smallest absolute Gasteiger partial charge is 0.123 e. The molecule has 1 aliphatic rings. The molecule has 18 heavy (non-hydrogen) atoms. The lowest BCUT2D eigenvalue weighted by Gasteiger charge is -2.16. The summed E-state index contributed by atoms with van der Waals surface area (Å²) in [6.07, 6.45) is 2.32. The molecule has 3 rings (SSSR count). The molecular weight excluding hydrogens is 223 g/mol. The van der Waals surface area contributed by atoms with Gasteiger partial charge in [-0.1, -0.05) is 49.4 Å². The molecule has 0 N–H and O–H groups in total. The lowest BCUT2D eigenvalue weighted by Crippen LogP contribution is -2.07. The maximum atomic E-state index is 13.0. The van der Waals surface area contributed by atoms with Crippen LogP contribution in [0.25, 0.3) is 0 Å². The van der Waals surface area contributed by atoms with Gasteiger partial charge in [0, 0.05) is 5.41 Å². The van der Waals surface area contributed by atoms with E-state index in [4.69, 9.17) is 0 Å². The molecule has 0 spiro atoms. The Balaban J connectivity index is 1.92. The summed E-state index contributed by atoms with van der Waals surface area (Å²) in [5, 5.41) is 0. The largest absolute Gasteiger partial charge is 0.207 e. The van der Waals surface area contributed by atoms with Crippen LogP contribution in [0.1, 0.15) is 36.8 Å². The molecule has 0 aromatic heterocycles. The van der Waals surface area contributed by atoms with Crippen molar-refractivity contribution in [1.82, 2.24) is 0 Å². The molecule has 1 aliphatic carbocycles. The van der Waals surface area contributed by atoms with Crippen LogP contribution in [0.2, 0.25) is 0 Å². The van der Waals surface area contributed by atoms with Gasteiger partial charge in [-0.05, 0) is 42.0 Å². The molecule has 0 amide bonds. The molecule has 2 atom stereocenters. The number of rotatable bonds is 3. The van der Waals surface area contributed by atoms with Gasteiger partial charge in [-0.15, -0.1) is 0 Å². The molecule has 92 valence electrons. The Bertz CT molecular complexity index is 529. The highest BCUT2D eigenvalue weighted by Crippen LogP contribution is 2.62. The predicted molar refractivity (Wildman–Crippen MR) is 72.2 cm³/mol. The van der Waals surface area contributed by atoms with Gasteiger partial charge < -0.3 is 0 Å². The van der Waals surface area contributed by atoms with Crippen molar-refractivity contribution in [2.45, 2.75) is 31.1 Å². The molecule has 2 aromatic carbocycles. The van der Waals surface area contributed by atoms with Gasteiger partial charge in [0.2, 0.25) is 0 Å². The molecular formula is C17H17F. The van der Waals surface area contributed by atoms with Crippen LogP contribution in [-0.4, -0.2) is 0 Å². The van der Waals surface area contributed by atoms with Crippen LogP contribution in [0.5, 0.6) is 0 Å². The van der Waals surface area contributed by atoms with Crippen LogP contribution < -0.4 is 0 Å². The first kappa shape index (κ1) is 11.5. The van der Waals surface area contributed by atoms with E-state index in [1.165, 1.54) is 17.5 Å². The molecule has 0 aliphatic heterocycles. The van der Waals surface area contributed by atoms with Crippen molar-refractivity contribution in [2.24, 2.45) is 0 Å². The van der Waals surface area contributed by atoms with Crippen molar-refractivity contribution in [1.29, 1.82) is 0 Å². The minimum absolute atomic E-state index is 0.152. The van der Waals surface area contributed by atoms with Crippen LogP contribution in [0.4, 0.5) is 4.39 Å². The first-order valence-electron chi connectivity index (χ1n) is 6.57. The van der Waals surface area contributed by atoms with Crippen molar-refractivity contribution in [3.63, 3.8) is 0 Å². The third-order valence-corrected chi connectivity index (χ3v) is 4.33. The van der Waals surface area contributed by atoms with Crippen molar-refractivity contribution < 1.29 is 4.39 Å². The minimum Gasteiger partial charge on any atom is -0.207 e. The van der Waals surface area contributed by atoms with Gasteiger partial charge in [0.1, 0.15) is 5.82 Å². The van der Waals surface area contributed by atoms with E-state index >= 15 is 0 Å². The molecule has 2 aromatic rings. The molecule has 0 nitrogen and oxygen atoms in total. The second-order valence-corrected chi connectivity index (χ2v) is 5.18. The highest BCUT2D eigenvalue weighted by molar-refractivity contribution is 5.42. The number of hydrogen-bond donors (Lipinski definition) is 0. The zero-order valence-corrected chi connectivity index (χ0v) is 10.6. The molecule has 0 radical (unpaired) electrons. The molecule has 1 saturated carbocycles. The quantitative estimate of drug-likeness (QED) is 0.732. The molecule has 1 fully saturated rings. The second kappa shape index (κ2) is 4.24. The molecule has 0 saturated heterocycles. The Kier molecular flexibility index (Phi) is 2.70. The second-order valence-electron chi connectivity index (χ2n) is 5.18. The van der Waals surface area contributed by atoms with E-state index in [1.807, 2.05) is 12.1 Å². The summed E-state index contributed by atoms with van der Waals surface area (Å²) in [6.45, 7) is 2.25. The maximum Gasteiger partial charge on any atom is 0.123 e. The van der Waals surface area contributed by atoms with Gasteiger partial charge in [0.05, 0.1) is 0 Å². The van der Waals surface area contributed by atoms with E-state index in [-0.39, 0.29) is 11.2 Å². The molecule has 0 bridgehead atoms. The van der Waals surface area contributed by atoms with Gasteiger partial charge in [-0.3, -0.25) is 0 Å².